The van der Waals surface area contributed by atoms with Gasteiger partial charge in [0.25, 0.3) is 5.91 Å². The number of thiazole rings is 1. The van der Waals surface area contributed by atoms with Crippen molar-refractivity contribution in [3.8, 4) is 17.0 Å². The number of hydrogen-bond acceptors (Lipinski definition) is 5. The van der Waals surface area contributed by atoms with Gasteiger partial charge >= 0.3 is 0 Å². The minimum absolute atomic E-state index is 0.0480. The summed E-state index contributed by atoms with van der Waals surface area (Å²) in [5.41, 5.74) is 2.36. The molecule has 1 aliphatic rings. The largest absolute Gasteiger partial charge is 0.496 e. The lowest BCUT2D eigenvalue weighted by molar-refractivity contribution is 0.0936. The van der Waals surface area contributed by atoms with Crippen molar-refractivity contribution in [2.45, 2.75) is 25.8 Å². The van der Waals surface area contributed by atoms with Gasteiger partial charge in [-0.15, -0.1) is 11.3 Å². The Kier molecular flexibility index (Phi) is 5.13. The molecule has 27 heavy (non-hydrogen) atoms. The second-order valence-corrected chi connectivity index (χ2v) is 7.57. The number of methoxy groups -OCH3 is 1. The number of likely N-dealkylation sites (N-methyl/N-ethyl adjacent to an activating group) is 1. The molecule has 0 radical (unpaired) electrons. The van der Waals surface area contributed by atoms with Crippen LogP contribution >= 0.6 is 11.3 Å². The number of hydrogen-bond donors (Lipinski definition) is 1. The van der Waals surface area contributed by atoms with Crippen LogP contribution in [-0.4, -0.2) is 53.0 Å². The second-order valence-electron chi connectivity index (χ2n) is 6.73. The van der Waals surface area contributed by atoms with Crippen LogP contribution in [0.5, 0.6) is 5.75 Å². The summed E-state index contributed by atoms with van der Waals surface area (Å²) in [6.45, 7) is 5.03. The van der Waals surface area contributed by atoms with Gasteiger partial charge in [0, 0.05) is 29.7 Å². The maximum absolute atomic E-state index is 12.7. The quantitative estimate of drug-likeness (QED) is 0.709. The predicted octanol–water partition coefficient (Wildman–Crippen LogP) is 3.29. The molecule has 7 heteroatoms. The summed E-state index contributed by atoms with van der Waals surface area (Å²) in [7, 11) is 1.65. The van der Waals surface area contributed by atoms with Crippen molar-refractivity contribution in [2.24, 2.45) is 0 Å². The molecule has 1 saturated heterocycles. The molecular weight excluding hydrogens is 360 g/mol. The fourth-order valence-electron chi connectivity index (χ4n) is 3.78. The highest BCUT2D eigenvalue weighted by Crippen LogP contribution is 2.30. The zero-order chi connectivity index (χ0) is 18.8. The predicted molar refractivity (Wildman–Crippen MR) is 108 cm³/mol. The number of carbonyl (C=O) groups excluding carboxylic acids is 1. The van der Waals surface area contributed by atoms with E-state index in [1.807, 2.05) is 40.2 Å². The summed E-state index contributed by atoms with van der Waals surface area (Å²) in [4.78, 5) is 20.6. The molecule has 3 heterocycles. The standard InChI is InChI=1S/C20H24N4O2S/c1-3-23-10-6-7-14(23)11-21-19(25)17-13-27-20-22-16(12-24(17)20)15-8-4-5-9-18(15)26-2/h4-5,8-9,12-14H,3,6-7,10-11H2,1-2H3,(H,21,25)/t14-/m1/s1. The number of nitrogens with one attached hydrogen (secondary N) is 1. The topological polar surface area (TPSA) is 58.9 Å². The van der Waals surface area contributed by atoms with Gasteiger partial charge in [0.1, 0.15) is 11.4 Å². The van der Waals surface area contributed by atoms with Gasteiger partial charge in [0.05, 0.1) is 12.8 Å². The molecule has 4 rings (SSSR count). The number of benzene rings is 1. The van der Waals surface area contributed by atoms with E-state index in [1.165, 1.54) is 17.8 Å². The molecule has 0 spiro atoms. The summed E-state index contributed by atoms with van der Waals surface area (Å²) in [5.74, 6) is 0.725. The van der Waals surface area contributed by atoms with Crippen molar-refractivity contribution < 1.29 is 9.53 Å². The Morgan fingerprint density at radius 1 is 1.41 bits per heavy atom. The summed E-state index contributed by atoms with van der Waals surface area (Å²) >= 11 is 1.47. The summed E-state index contributed by atoms with van der Waals surface area (Å²) < 4.78 is 7.31. The molecule has 2 aromatic heterocycles. The third-order valence-corrected chi connectivity index (χ3v) is 6.07. The molecule has 1 fully saturated rings. The molecule has 0 bridgehead atoms. The first-order valence-corrected chi connectivity index (χ1v) is 10.2. The number of carbonyl (C=O) groups is 1. The maximum atomic E-state index is 12.7. The third-order valence-electron chi connectivity index (χ3n) is 5.23. The molecule has 1 aliphatic heterocycles. The van der Waals surface area contributed by atoms with Crippen molar-refractivity contribution in [1.82, 2.24) is 19.6 Å². The van der Waals surface area contributed by atoms with Gasteiger partial charge in [-0.3, -0.25) is 14.1 Å². The molecule has 142 valence electrons. The van der Waals surface area contributed by atoms with Gasteiger partial charge in [-0.2, -0.15) is 0 Å². The number of fused-ring (bicyclic) bond motifs is 1. The average molecular weight is 385 g/mol. The van der Waals surface area contributed by atoms with Gasteiger partial charge in [0.15, 0.2) is 4.96 Å². The highest BCUT2D eigenvalue weighted by atomic mass is 32.1. The minimum Gasteiger partial charge on any atom is -0.496 e. The zero-order valence-electron chi connectivity index (χ0n) is 15.6. The molecular formula is C20H24N4O2S. The van der Waals surface area contributed by atoms with Crippen molar-refractivity contribution in [3.63, 3.8) is 0 Å². The van der Waals surface area contributed by atoms with Crippen molar-refractivity contribution >= 4 is 22.2 Å². The van der Waals surface area contributed by atoms with E-state index in [2.05, 4.69) is 22.1 Å². The summed E-state index contributed by atoms with van der Waals surface area (Å²) in [6.07, 6.45) is 4.27. The summed E-state index contributed by atoms with van der Waals surface area (Å²) in [6, 6.07) is 8.23. The zero-order valence-corrected chi connectivity index (χ0v) is 16.5. The monoisotopic (exact) mass is 384 g/mol. The smallest absolute Gasteiger partial charge is 0.269 e. The van der Waals surface area contributed by atoms with E-state index < -0.39 is 0 Å². The molecule has 1 N–H and O–H groups in total. The number of para-hydroxylation sites is 1. The SMILES string of the molecule is CCN1CCC[C@@H]1CNC(=O)c1csc2nc(-c3ccccc3OC)cn12. The first-order valence-electron chi connectivity index (χ1n) is 9.33. The van der Waals surface area contributed by atoms with Gasteiger partial charge < -0.3 is 10.1 Å². The number of likely N-dealkylation sites (tertiary alicyclic amines) is 1. The molecule has 1 atom stereocenters. The number of imidazole rings is 1. The fourth-order valence-corrected chi connectivity index (χ4v) is 4.63. The van der Waals surface area contributed by atoms with Gasteiger partial charge in [-0.1, -0.05) is 19.1 Å². The van der Waals surface area contributed by atoms with Gasteiger partial charge in [-0.25, -0.2) is 4.98 Å². The maximum Gasteiger partial charge on any atom is 0.269 e. The normalized spacial score (nSPS) is 17.5. The average Bonchev–Trinajstić information content (AvgIpc) is 3.40. The molecule has 3 aromatic rings. The van der Waals surface area contributed by atoms with Crippen LogP contribution in [0, 0.1) is 0 Å². The van der Waals surface area contributed by atoms with Gasteiger partial charge in [0.2, 0.25) is 0 Å². The number of rotatable bonds is 6. The Morgan fingerprint density at radius 2 is 2.26 bits per heavy atom. The van der Waals surface area contributed by atoms with Crippen LogP contribution in [0.25, 0.3) is 16.2 Å². The number of amides is 1. The molecule has 0 aliphatic carbocycles. The Labute approximate surface area is 162 Å². The fraction of sp³-hybridized carbons (Fsp3) is 0.400. The van der Waals surface area contributed by atoms with E-state index >= 15 is 0 Å². The molecule has 1 aromatic carbocycles. The lowest BCUT2D eigenvalue weighted by atomic mass is 10.1. The van der Waals surface area contributed by atoms with Crippen molar-refractivity contribution in [2.75, 3.05) is 26.7 Å². The lowest BCUT2D eigenvalue weighted by Crippen LogP contribution is -2.40. The van der Waals surface area contributed by atoms with Crippen LogP contribution in [-0.2, 0) is 0 Å². The lowest BCUT2D eigenvalue weighted by Gasteiger charge is -2.22. The van der Waals surface area contributed by atoms with Crippen LogP contribution in [0.15, 0.2) is 35.8 Å². The highest BCUT2D eigenvalue weighted by Gasteiger charge is 2.24. The van der Waals surface area contributed by atoms with E-state index in [-0.39, 0.29) is 5.91 Å². The first-order chi connectivity index (χ1) is 13.2. The van der Waals surface area contributed by atoms with E-state index in [0.29, 0.717) is 18.3 Å². The molecule has 1 amide bonds. The Morgan fingerprint density at radius 3 is 3.07 bits per heavy atom. The van der Waals surface area contributed by atoms with Crippen LogP contribution in [0.2, 0.25) is 0 Å². The Bertz CT molecular complexity index is 949. The van der Waals surface area contributed by atoms with E-state index in [9.17, 15) is 4.79 Å². The highest BCUT2D eigenvalue weighted by molar-refractivity contribution is 7.15. The van der Waals surface area contributed by atoms with Crippen molar-refractivity contribution in [1.29, 1.82) is 0 Å². The Balaban J connectivity index is 1.54. The van der Waals surface area contributed by atoms with E-state index in [4.69, 9.17) is 4.74 Å². The van der Waals surface area contributed by atoms with Gasteiger partial charge in [-0.05, 0) is 38.1 Å². The van der Waals surface area contributed by atoms with E-state index in [0.717, 1.165) is 41.5 Å². The Hall–Kier alpha value is -2.38. The van der Waals surface area contributed by atoms with Crippen LogP contribution < -0.4 is 10.1 Å². The van der Waals surface area contributed by atoms with E-state index in [1.54, 1.807) is 7.11 Å². The second kappa shape index (κ2) is 7.70. The molecule has 6 nitrogen and oxygen atoms in total. The summed E-state index contributed by atoms with van der Waals surface area (Å²) in [5, 5.41) is 4.98. The van der Waals surface area contributed by atoms with Crippen LogP contribution in [0.1, 0.15) is 30.3 Å². The number of aromatic nitrogens is 2. The van der Waals surface area contributed by atoms with Crippen LogP contribution in [0.4, 0.5) is 0 Å². The van der Waals surface area contributed by atoms with Crippen LogP contribution in [0.3, 0.4) is 0 Å². The first kappa shape index (κ1) is 18.0. The minimum atomic E-state index is -0.0480. The third kappa shape index (κ3) is 3.44. The number of nitrogens with zero attached hydrogens (tertiary/aromatic N) is 3. The molecule has 0 saturated carbocycles. The number of ether oxygens (including phenoxy) is 1. The molecule has 0 unspecified atom stereocenters. The van der Waals surface area contributed by atoms with Crippen molar-refractivity contribution in [3.05, 3.63) is 41.5 Å².